The standard InChI is InChI=1S/C6H8O3/c1-2-3-4-5(7)6(8)9/h2-5,7H,1H2,(H,8,9). The van der Waals surface area contributed by atoms with Gasteiger partial charge in [0.2, 0.25) is 0 Å². The summed E-state index contributed by atoms with van der Waals surface area (Å²) >= 11 is 0. The van der Waals surface area contributed by atoms with Gasteiger partial charge in [-0.2, -0.15) is 0 Å². The lowest BCUT2D eigenvalue weighted by Gasteiger charge is -1.93. The normalized spacial score (nSPS) is 13.4. The van der Waals surface area contributed by atoms with E-state index in [1.807, 2.05) is 0 Å². The number of hydrogen-bond donors (Lipinski definition) is 2. The minimum absolute atomic E-state index is 1.13. The van der Waals surface area contributed by atoms with E-state index in [2.05, 4.69) is 6.58 Å². The molecule has 0 heterocycles. The Morgan fingerprint density at radius 3 is 2.56 bits per heavy atom. The topological polar surface area (TPSA) is 57.5 Å². The number of carboxylic acids is 1. The molecule has 0 amide bonds. The van der Waals surface area contributed by atoms with Crippen LogP contribution in [0.2, 0.25) is 0 Å². The molecule has 0 radical (unpaired) electrons. The van der Waals surface area contributed by atoms with E-state index >= 15 is 0 Å². The van der Waals surface area contributed by atoms with Gasteiger partial charge in [-0.15, -0.1) is 0 Å². The average molecular weight is 128 g/mol. The van der Waals surface area contributed by atoms with E-state index in [-0.39, 0.29) is 0 Å². The van der Waals surface area contributed by atoms with Crippen molar-refractivity contribution in [2.45, 2.75) is 6.10 Å². The van der Waals surface area contributed by atoms with E-state index in [4.69, 9.17) is 10.2 Å². The van der Waals surface area contributed by atoms with Crippen LogP contribution < -0.4 is 0 Å². The second-order valence-corrected chi connectivity index (χ2v) is 1.40. The molecule has 0 fully saturated rings. The zero-order chi connectivity index (χ0) is 7.28. The Morgan fingerprint density at radius 2 is 2.22 bits per heavy atom. The molecule has 0 saturated heterocycles. The minimum Gasteiger partial charge on any atom is -0.479 e. The van der Waals surface area contributed by atoms with E-state index < -0.39 is 12.1 Å². The lowest BCUT2D eigenvalue weighted by Crippen LogP contribution is -2.15. The molecule has 50 valence electrons. The van der Waals surface area contributed by atoms with Crippen LogP contribution in [0.25, 0.3) is 0 Å². The molecule has 9 heavy (non-hydrogen) atoms. The fourth-order valence-corrected chi connectivity index (χ4v) is 0.266. The molecular formula is C6H8O3. The summed E-state index contributed by atoms with van der Waals surface area (Å²) in [6.07, 6.45) is 2.49. The van der Waals surface area contributed by atoms with Gasteiger partial charge in [0.25, 0.3) is 0 Å². The lowest BCUT2D eigenvalue weighted by atomic mass is 10.3. The highest BCUT2D eigenvalue weighted by atomic mass is 16.4. The molecule has 0 aliphatic carbocycles. The van der Waals surface area contributed by atoms with E-state index in [0.717, 1.165) is 6.08 Å². The highest BCUT2D eigenvalue weighted by Gasteiger charge is 2.05. The predicted octanol–water partition coefficient (Wildman–Crippen LogP) is 0.174. The highest BCUT2D eigenvalue weighted by molar-refractivity contribution is 5.74. The van der Waals surface area contributed by atoms with Gasteiger partial charge in [-0.25, -0.2) is 4.79 Å². The lowest BCUT2D eigenvalue weighted by molar-refractivity contribution is -0.144. The van der Waals surface area contributed by atoms with Crippen LogP contribution in [0.15, 0.2) is 24.8 Å². The Hall–Kier alpha value is -1.09. The van der Waals surface area contributed by atoms with E-state index in [9.17, 15) is 4.79 Å². The van der Waals surface area contributed by atoms with Gasteiger partial charge in [0.15, 0.2) is 6.10 Å². The Labute approximate surface area is 52.9 Å². The summed E-state index contributed by atoms with van der Waals surface area (Å²) in [5, 5.41) is 16.6. The number of aliphatic carboxylic acids is 1. The Balaban J connectivity index is 3.75. The second-order valence-electron chi connectivity index (χ2n) is 1.40. The smallest absolute Gasteiger partial charge is 0.336 e. The summed E-state index contributed by atoms with van der Waals surface area (Å²) in [7, 11) is 0. The first-order chi connectivity index (χ1) is 4.18. The third-order valence-electron chi connectivity index (χ3n) is 0.683. The Kier molecular flexibility index (Phi) is 3.39. The fraction of sp³-hybridized carbons (Fsp3) is 0.167. The van der Waals surface area contributed by atoms with Gasteiger partial charge in [-0.1, -0.05) is 18.7 Å². The maximum atomic E-state index is 9.87. The molecule has 0 aliphatic rings. The summed E-state index contributed by atoms with van der Waals surface area (Å²) in [4.78, 5) is 9.87. The number of allylic oxidation sites excluding steroid dienone is 2. The van der Waals surface area contributed by atoms with Crippen LogP contribution in [-0.4, -0.2) is 22.3 Å². The van der Waals surface area contributed by atoms with E-state index in [1.165, 1.54) is 12.2 Å². The van der Waals surface area contributed by atoms with Crippen molar-refractivity contribution in [2.75, 3.05) is 0 Å². The van der Waals surface area contributed by atoms with E-state index in [0.29, 0.717) is 0 Å². The SMILES string of the molecule is C=CC=CC(O)C(=O)O. The van der Waals surface area contributed by atoms with Crippen LogP contribution in [0.4, 0.5) is 0 Å². The largest absolute Gasteiger partial charge is 0.479 e. The van der Waals surface area contributed by atoms with Crippen LogP contribution in [-0.2, 0) is 4.79 Å². The average Bonchev–Trinajstić information content (AvgIpc) is 1.82. The first kappa shape index (κ1) is 7.91. The third kappa shape index (κ3) is 3.49. The summed E-state index contributed by atoms with van der Waals surface area (Å²) in [6, 6.07) is 0. The molecule has 1 unspecified atom stereocenters. The molecule has 0 spiro atoms. The predicted molar refractivity (Wildman–Crippen MR) is 33.0 cm³/mol. The molecule has 2 N–H and O–H groups in total. The van der Waals surface area contributed by atoms with E-state index in [1.54, 1.807) is 0 Å². The molecule has 3 heteroatoms. The molecule has 0 aromatic rings. The van der Waals surface area contributed by atoms with Gasteiger partial charge in [0.05, 0.1) is 0 Å². The van der Waals surface area contributed by atoms with Crippen molar-refractivity contribution in [3.8, 4) is 0 Å². The molecule has 3 nitrogen and oxygen atoms in total. The summed E-state index contributed by atoms with van der Waals surface area (Å²) in [5.41, 5.74) is 0. The highest BCUT2D eigenvalue weighted by Crippen LogP contribution is 1.84. The fourth-order valence-electron chi connectivity index (χ4n) is 0.266. The molecule has 0 aromatic heterocycles. The van der Waals surface area contributed by atoms with Crippen molar-refractivity contribution < 1.29 is 15.0 Å². The number of hydrogen-bond acceptors (Lipinski definition) is 2. The molecule has 1 atom stereocenters. The zero-order valence-electron chi connectivity index (χ0n) is 4.82. The van der Waals surface area contributed by atoms with Gasteiger partial charge in [-0.05, 0) is 6.08 Å². The molecule has 0 rings (SSSR count). The van der Waals surface area contributed by atoms with Gasteiger partial charge in [-0.3, -0.25) is 0 Å². The number of carboxylic acid groups (broad SMARTS) is 1. The number of rotatable bonds is 3. The van der Waals surface area contributed by atoms with Crippen molar-refractivity contribution in [1.29, 1.82) is 0 Å². The van der Waals surface area contributed by atoms with Gasteiger partial charge in [0.1, 0.15) is 0 Å². The first-order valence-corrected chi connectivity index (χ1v) is 2.38. The van der Waals surface area contributed by atoms with Crippen LogP contribution in [0, 0.1) is 0 Å². The number of carbonyl (C=O) groups is 1. The third-order valence-corrected chi connectivity index (χ3v) is 0.683. The number of aliphatic hydroxyl groups is 1. The molecular weight excluding hydrogens is 120 g/mol. The van der Waals surface area contributed by atoms with Crippen molar-refractivity contribution in [3.63, 3.8) is 0 Å². The zero-order valence-corrected chi connectivity index (χ0v) is 4.82. The summed E-state index contributed by atoms with van der Waals surface area (Å²) in [6.45, 7) is 3.30. The summed E-state index contributed by atoms with van der Waals surface area (Å²) < 4.78 is 0. The van der Waals surface area contributed by atoms with Crippen molar-refractivity contribution in [1.82, 2.24) is 0 Å². The quantitative estimate of drug-likeness (QED) is 0.533. The Bertz CT molecular complexity index is 137. The van der Waals surface area contributed by atoms with Crippen molar-refractivity contribution >= 4 is 5.97 Å². The minimum atomic E-state index is -1.41. The first-order valence-electron chi connectivity index (χ1n) is 2.38. The van der Waals surface area contributed by atoms with Crippen LogP contribution >= 0.6 is 0 Å². The monoisotopic (exact) mass is 128 g/mol. The van der Waals surface area contributed by atoms with Crippen LogP contribution in [0.1, 0.15) is 0 Å². The van der Waals surface area contributed by atoms with Gasteiger partial charge >= 0.3 is 5.97 Å². The van der Waals surface area contributed by atoms with Crippen molar-refractivity contribution in [3.05, 3.63) is 24.8 Å². The second kappa shape index (κ2) is 3.86. The molecule has 0 saturated carbocycles. The van der Waals surface area contributed by atoms with Crippen LogP contribution in [0.5, 0.6) is 0 Å². The molecule has 0 bridgehead atoms. The van der Waals surface area contributed by atoms with Gasteiger partial charge < -0.3 is 10.2 Å². The Morgan fingerprint density at radius 1 is 1.67 bits per heavy atom. The number of aliphatic hydroxyl groups excluding tert-OH is 1. The maximum Gasteiger partial charge on any atom is 0.336 e. The van der Waals surface area contributed by atoms with Crippen molar-refractivity contribution in [2.24, 2.45) is 0 Å². The molecule has 0 aliphatic heterocycles. The van der Waals surface area contributed by atoms with Gasteiger partial charge in [0, 0.05) is 0 Å². The van der Waals surface area contributed by atoms with Crippen LogP contribution in [0.3, 0.4) is 0 Å². The molecule has 0 aromatic carbocycles. The summed E-state index contributed by atoms with van der Waals surface area (Å²) in [5.74, 6) is -1.26. The maximum absolute atomic E-state index is 9.87.